The first-order valence-corrected chi connectivity index (χ1v) is 4.46. The summed E-state index contributed by atoms with van der Waals surface area (Å²) in [5.41, 5.74) is 0.412. The summed E-state index contributed by atoms with van der Waals surface area (Å²) in [6.45, 7) is 0. The van der Waals surface area contributed by atoms with E-state index in [-0.39, 0.29) is 16.5 Å². The number of hydrogen-bond donors (Lipinski definition) is 2. The zero-order valence-corrected chi connectivity index (χ0v) is 8.37. The van der Waals surface area contributed by atoms with E-state index in [1.54, 1.807) is 0 Å². The largest absolute Gasteiger partial charge is 0.463 e. The van der Waals surface area contributed by atoms with E-state index in [1.165, 1.54) is 18.5 Å². The van der Waals surface area contributed by atoms with E-state index in [4.69, 9.17) is 0 Å². The van der Waals surface area contributed by atoms with Crippen LogP contribution in [0.1, 0.15) is 10.4 Å². The Morgan fingerprint density at radius 3 is 2.69 bits per heavy atom. The minimum atomic E-state index is -0.967. The van der Waals surface area contributed by atoms with Crippen LogP contribution in [0.3, 0.4) is 0 Å². The average Bonchev–Trinajstić information content (AvgIpc) is 2.72. The molecule has 0 amide bonds. The second-order valence-electron chi connectivity index (χ2n) is 3.11. The van der Waals surface area contributed by atoms with Crippen LogP contribution in [0.5, 0.6) is 0 Å². The van der Waals surface area contributed by atoms with Crippen LogP contribution in [0.15, 0.2) is 23.3 Å². The van der Waals surface area contributed by atoms with Gasteiger partial charge in [-0.1, -0.05) is 0 Å². The van der Waals surface area contributed by atoms with Gasteiger partial charge in [0.1, 0.15) is 5.52 Å². The number of carbonyl (C=O) groups is 2. The van der Waals surface area contributed by atoms with E-state index >= 15 is 0 Å². The molecular formula is C10H8N2O4. The molecule has 0 saturated heterocycles. The molecule has 2 aromatic heterocycles. The van der Waals surface area contributed by atoms with Gasteiger partial charge >= 0.3 is 5.97 Å². The van der Waals surface area contributed by atoms with Crippen LogP contribution >= 0.6 is 0 Å². The van der Waals surface area contributed by atoms with Crippen LogP contribution in [-0.2, 0) is 9.53 Å². The van der Waals surface area contributed by atoms with Gasteiger partial charge in [0.05, 0.1) is 18.2 Å². The predicted molar refractivity (Wildman–Crippen MR) is 55.3 cm³/mol. The quantitative estimate of drug-likeness (QED) is 0.430. The smallest absolute Gasteiger partial charge is 0.379 e. The summed E-state index contributed by atoms with van der Waals surface area (Å²) in [5.74, 6) is -1.76. The standard InChI is InChI=1S/C10H8N2O4/c1-16-10(15)9(14)5-4-12-8-6(13)2-3-11-7(5)8/h2-4,12H,1H3,(H,11,13). The van der Waals surface area contributed by atoms with Gasteiger partial charge in [0.15, 0.2) is 0 Å². The second kappa shape index (κ2) is 3.65. The number of Topliss-reactive ketones (excluding diaryl/α,β-unsaturated/α-hetero) is 1. The minimum absolute atomic E-state index is 0.0968. The lowest BCUT2D eigenvalue weighted by Crippen LogP contribution is -2.15. The van der Waals surface area contributed by atoms with Crippen molar-refractivity contribution >= 4 is 22.8 Å². The number of hydrogen-bond acceptors (Lipinski definition) is 4. The number of methoxy groups -OCH3 is 1. The molecule has 2 aromatic rings. The van der Waals surface area contributed by atoms with Gasteiger partial charge in [-0.15, -0.1) is 0 Å². The van der Waals surface area contributed by atoms with Crippen LogP contribution in [0, 0.1) is 0 Å². The molecule has 82 valence electrons. The maximum Gasteiger partial charge on any atom is 0.379 e. The molecule has 0 unspecified atom stereocenters. The van der Waals surface area contributed by atoms with Crippen LogP contribution in [0.25, 0.3) is 11.0 Å². The number of pyridine rings is 1. The maximum atomic E-state index is 11.5. The van der Waals surface area contributed by atoms with E-state index in [0.717, 1.165) is 7.11 Å². The summed E-state index contributed by atoms with van der Waals surface area (Å²) < 4.78 is 4.32. The first kappa shape index (κ1) is 10.2. The van der Waals surface area contributed by atoms with E-state index in [2.05, 4.69) is 14.7 Å². The fraction of sp³-hybridized carbons (Fsp3) is 0.100. The normalized spacial score (nSPS) is 10.3. The molecule has 0 atom stereocenters. The lowest BCUT2D eigenvalue weighted by atomic mass is 10.2. The minimum Gasteiger partial charge on any atom is -0.463 e. The highest BCUT2D eigenvalue weighted by Crippen LogP contribution is 2.12. The van der Waals surface area contributed by atoms with Gasteiger partial charge in [0.2, 0.25) is 5.43 Å². The summed E-state index contributed by atoms with van der Waals surface area (Å²) >= 11 is 0. The number of carbonyl (C=O) groups excluding carboxylic acids is 2. The van der Waals surface area contributed by atoms with Crippen molar-refractivity contribution in [2.75, 3.05) is 7.11 Å². The Hall–Kier alpha value is -2.37. The molecule has 0 aliphatic rings. The first-order valence-electron chi connectivity index (χ1n) is 4.46. The number of ketones is 1. The van der Waals surface area contributed by atoms with Crippen LogP contribution in [0.4, 0.5) is 0 Å². The third-order valence-corrected chi connectivity index (χ3v) is 2.20. The van der Waals surface area contributed by atoms with Crippen molar-refractivity contribution in [2.45, 2.75) is 0 Å². The molecule has 0 aromatic carbocycles. The van der Waals surface area contributed by atoms with Gasteiger partial charge in [-0.05, 0) is 0 Å². The number of rotatable bonds is 2. The number of aromatic nitrogens is 2. The Balaban J connectivity index is 2.63. The fourth-order valence-electron chi connectivity index (χ4n) is 1.43. The summed E-state index contributed by atoms with van der Waals surface area (Å²) in [6.07, 6.45) is 2.72. The van der Waals surface area contributed by atoms with Crippen LogP contribution in [0.2, 0.25) is 0 Å². The molecule has 6 nitrogen and oxygen atoms in total. The molecule has 0 aliphatic carbocycles. The highest BCUT2D eigenvalue weighted by molar-refractivity contribution is 6.42. The monoisotopic (exact) mass is 220 g/mol. The van der Waals surface area contributed by atoms with Gasteiger partial charge in [-0.25, -0.2) is 4.79 Å². The molecule has 0 fully saturated rings. The highest BCUT2D eigenvalue weighted by Gasteiger charge is 2.21. The second-order valence-corrected chi connectivity index (χ2v) is 3.11. The number of nitrogens with one attached hydrogen (secondary N) is 2. The van der Waals surface area contributed by atoms with Gasteiger partial charge in [-0.3, -0.25) is 9.59 Å². The molecule has 0 radical (unpaired) electrons. The van der Waals surface area contributed by atoms with Gasteiger partial charge in [-0.2, -0.15) is 0 Å². The van der Waals surface area contributed by atoms with E-state index in [1.807, 2.05) is 0 Å². The molecule has 2 rings (SSSR count). The number of ether oxygens (including phenoxy) is 1. The highest BCUT2D eigenvalue weighted by atomic mass is 16.5. The average molecular weight is 220 g/mol. The summed E-state index contributed by atoms with van der Waals surface area (Å²) in [6, 6.07) is 1.32. The molecule has 0 aliphatic heterocycles. The van der Waals surface area contributed by atoms with E-state index in [0.29, 0.717) is 5.52 Å². The van der Waals surface area contributed by atoms with Crippen LogP contribution in [-0.4, -0.2) is 28.8 Å². The summed E-state index contributed by atoms with van der Waals surface area (Å²) in [4.78, 5) is 39.4. The lowest BCUT2D eigenvalue weighted by molar-refractivity contribution is -0.135. The summed E-state index contributed by atoms with van der Waals surface area (Å²) in [5, 5.41) is 0. The third kappa shape index (κ3) is 1.40. The fourth-order valence-corrected chi connectivity index (χ4v) is 1.43. The van der Waals surface area contributed by atoms with Crippen molar-refractivity contribution in [3.05, 3.63) is 34.2 Å². The number of esters is 1. The Kier molecular flexibility index (Phi) is 2.32. The number of H-pyrrole nitrogens is 2. The molecule has 0 bridgehead atoms. The number of fused-ring (bicyclic) bond motifs is 1. The van der Waals surface area contributed by atoms with Crippen molar-refractivity contribution in [1.29, 1.82) is 0 Å². The molecule has 0 spiro atoms. The van der Waals surface area contributed by atoms with Crippen molar-refractivity contribution < 1.29 is 14.3 Å². The molecular weight excluding hydrogens is 212 g/mol. The third-order valence-electron chi connectivity index (χ3n) is 2.20. The molecule has 2 heterocycles. The first-order chi connectivity index (χ1) is 7.65. The topological polar surface area (TPSA) is 92.0 Å². The Labute approximate surface area is 89.2 Å². The van der Waals surface area contributed by atoms with Gasteiger partial charge < -0.3 is 14.7 Å². The number of aromatic amines is 2. The van der Waals surface area contributed by atoms with Gasteiger partial charge in [0, 0.05) is 18.5 Å². The maximum absolute atomic E-state index is 11.5. The van der Waals surface area contributed by atoms with Crippen molar-refractivity contribution in [1.82, 2.24) is 9.97 Å². The molecule has 0 saturated carbocycles. The zero-order chi connectivity index (χ0) is 11.7. The van der Waals surface area contributed by atoms with Crippen LogP contribution < -0.4 is 5.43 Å². The van der Waals surface area contributed by atoms with Crippen molar-refractivity contribution in [2.24, 2.45) is 0 Å². The Morgan fingerprint density at radius 2 is 2.00 bits per heavy atom. The van der Waals surface area contributed by atoms with Gasteiger partial charge in [0.25, 0.3) is 5.78 Å². The lowest BCUT2D eigenvalue weighted by Gasteiger charge is -1.96. The van der Waals surface area contributed by atoms with E-state index < -0.39 is 11.8 Å². The zero-order valence-electron chi connectivity index (χ0n) is 8.37. The molecule has 6 heteroatoms. The summed E-state index contributed by atoms with van der Waals surface area (Å²) in [7, 11) is 1.12. The van der Waals surface area contributed by atoms with Crippen molar-refractivity contribution in [3.63, 3.8) is 0 Å². The Bertz CT molecular complexity index is 623. The SMILES string of the molecule is COC(=O)C(=O)c1c[nH]c2c(=O)cc[nH]c12. The Morgan fingerprint density at radius 1 is 1.25 bits per heavy atom. The molecule has 16 heavy (non-hydrogen) atoms. The predicted octanol–water partition coefficient (Wildman–Crippen LogP) is 0.212. The van der Waals surface area contributed by atoms with E-state index in [9.17, 15) is 14.4 Å². The molecule has 2 N–H and O–H groups in total. The van der Waals surface area contributed by atoms with Crippen molar-refractivity contribution in [3.8, 4) is 0 Å².